The monoisotopic (exact) mass is 333 g/mol. The van der Waals surface area contributed by atoms with Crippen molar-refractivity contribution in [3.8, 4) is 11.4 Å². The summed E-state index contributed by atoms with van der Waals surface area (Å²) >= 11 is 1.51. The number of halogens is 3. The molecular formula is C13H14F3N3O2S. The quantitative estimate of drug-likeness (QED) is 0.936. The first-order chi connectivity index (χ1) is 10.4. The Bertz CT molecular complexity index is 619. The van der Waals surface area contributed by atoms with Gasteiger partial charge in [0.2, 0.25) is 11.7 Å². The van der Waals surface area contributed by atoms with Gasteiger partial charge in [0, 0.05) is 24.0 Å². The third kappa shape index (κ3) is 3.01. The van der Waals surface area contributed by atoms with Crippen LogP contribution in [0.3, 0.4) is 0 Å². The fraction of sp³-hybridized carbons (Fsp3) is 0.538. The van der Waals surface area contributed by atoms with Crippen LogP contribution in [0.2, 0.25) is 0 Å². The molecule has 2 aromatic rings. The van der Waals surface area contributed by atoms with Gasteiger partial charge >= 0.3 is 6.18 Å². The van der Waals surface area contributed by atoms with Crippen LogP contribution in [0.5, 0.6) is 0 Å². The molecule has 0 saturated carbocycles. The van der Waals surface area contributed by atoms with Gasteiger partial charge in [-0.3, -0.25) is 4.90 Å². The van der Waals surface area contributed by atoms with Crippen molar-refractivity contribution in [2.75, 3.05) is 13.1 Å². The molecule has 120 valence electrons. The summed E-state index contributed by atoms with van der Waals surface area (Å²) in [5, 5.41) is 17.3. The molecule has 0 radical (unpaired) electrons. The Balaban J connectivity index is 1.60. The Hall–Kier alpha value is -1.45. The second kappa shape index (κ2) is 5.64. The number of piperidine rings is 1. The van der Waals surface area contributed by atoms with Crippen LogP contribution in [-0.4, -0.2) is 45.0 Å². The zero-order chi connectivity index (χ0) is 15.8. The number of rotatable bonds is 3. The number of hydrogen-bond acceptors (Lipinski definition) is 6. The molecule has 3 heterocycles. The molecule has 0 unspecified atom stereocenters. The minimum atomic E-state index is -4.59. The van der Waals surface area contributed by atoms with E-state index in [0.717, 1.165) is 5.56 Å². The van der Waals surface area contributed by atoms with E-state index < -0.39 is 11.8 Å². The van der Waals surface area contributed by atoms with Crippen molar-refractivity contribution in [1.82, 2.24) is 15.0 Å². The Morgan fingerprint density at radius 1 is 1.36 bits per heavy atom. The van der Waals surface area contributed by atoms with Crippen molar-refractivity contribution >= 4 is 11.3 Å². The minimum Gasteiger partial charge on any atom is -0.380 e. The molecule has 0 spiro atoms. The average molecular weight is 333 g/mol. The molecule has 9 heteroatoms. The average Bonchev–Trinajstić information content (AvgIpc) is 3.11. The lowest BCUT2D eigenvalue weighted by Crippen LogP contribution is -2.53. The number of aliphatic hydroxyl groups is 1. The summed E-state index contributed by atoms with van der Waals surface area (Å²) in [4.78, 5) is 6.00. The van der Waals surface area contributed by atoms with Crippen molar-refractivity contribution in [2.24, 2.45) is 0 Å². The molecular weight excluding hydrogens is 319 g/mol. The van der Waals surface area contributed by atoms with Crippen molar-refractivity contribution in [3.63, 3.8) is 0 Å². The first-order valence-electron chi connectivity index (χ1n) is 6.74. The molecule has 22 heavy (non-hydrogen) atoms. The van der Waals surface area contributed by atoms with Crippen molar-refractivity contribution < 1.29 is 22.8 Å². The molecule has 0 aliphatic carbocycles. The van der Waals surface area contributed by atoms with Gasteiger partial charge in [0.1, 0.15) is 0 Å². The maximum atomic E-state index is 12.7. The highest BCUT2D eigenvalue weighted by Crippen LogP contribution is 2.38. The maximum Gasteiger partial charge on any atom is 0.417 e. The van der Waals surface area contributed by atoms with Crippen LogP contribution in [0.15, 0.2) is 21.3 Å². The van der Waals surface area contributed by atoms with E-state index in [0.29, 0.717) is 11.7 Å². The highest BCUT2D eigenvalue weighted by Gasteiger charge is 2.54. The largest absolute Gasteiger partial charge is 0.417 e. The predicted octanol–water partition coefficient (Wildman–Crippen LogP) is 2.69. The minimum absolute atomic E-state index is 0.131. The zero-order valence-electron chi connectivity index (χ0n) is 11.5. The van der Waals surface area contributed by atoms with Gasteiger partial charge in [-0.05, 0) is 24.3 Å². The van der Waals surface area contributed by atoms with Gasteiger partial charge in [0.25, 0.3) is 0 Å². The van der Waals surface area contributed by atoms with Crippen LogP contribution >= 0.6 is 11.3 Å². The fourth-order valence-corrected chi connectivity index (χ4v) is 3.02. The predicted molar refractivity (Wildman–Crippen MR) is 73.1 cm³/mol. The molecule has 1 fully saturated rings. The molecule has 3 rings (SSSR count). The Morgan fingerprint density at radius 2 is 2.09 bits per heavy atom. The zero-order valence-corrected chi connectivity index (χ0v) is 12.3. The van der Waals surface area contributed by atoms with E-state index in [9.17, 15) is 18.3 Å². The van der Waals surface area contributed by atoms with E-state index in [1.165, 1.54) is 11.3 Å². The summed E-state index contributed by atoms with van der Waals surface area (Å²) in [5.74, 6) is 0.832. The molecule has 1 aliphatic heterocycles. The first-order valence-corrected chi connectivity index (χ1v) is 7.68. The SMILES string of the molecule is OC1(C(F)(F)F)CCN(Cc2nc(-c3ccsc3)no2)CC1. The van der Waals surface area contributed by atoms with E-state index in [4.69, 9.17) is 4.52 Å². The fourth-order valence-electron chi connectivity index (χ4n) is 2.38. The number of aromatic nitrogens is 2. The molecule has 0 aromatic carbocycles. The van der Waals surface area contributed by atoms with Crippen molar-refractivity contribution in [2.45, 2.75) is 31.2 Å². The third-order valence-electron chi connectivity index (χ3n) is 3.82. The smallest absolute Gasteiger partial charge is 0.380 e. The standard InChI is InChI=1S/C13H14F3N3O2S/c14-13(15,16)12(20)2-4-19(5-3-12)7-10-17-11(18-21-10)9-1-6-22-8-9/h1,6,8,20H,2-5,7H2. The van der Waals surface area contributed by atoms with Gasteiger partial charge in [0.15, 0.2) is 5.60 Å². The first kappa shape index (κ1) is 15.4. The number of likely N-dealkylation sites (tertiary alicyclic amines) is 1. The molecule has 1 saturated heterocycles. The number of nitrogens with zero attached hydrogens (tertiary/aromatic N) is 3. The maximum absolute atomic E-state index is 12.7. The van der Waals surface area contributed by atoms with Crippen molar-refractivity contribution in [1.29, 1.82) is 0 Å². The summed E-state index contributed by atoms with van der Waals surface area (Å²) in [6, 6.07) is 1.86. The van der Waals surface area contributed by atoms with E-state index in [1.807, 2.05) is 16.8 Å². The van der Waals surface area contributed by atoms with Gasteiger partial charge in [0.05, 0.1) is 6.54 Å². The molecule has 0 amide bonds. The Morgan fingerprint density at radius 3 is 2.68 bits per heavy atom. The molecule has 5 nitrogen and oxygen atoms in total. The summed E-state index contributed by atoms with van der Waals surface area (Å²) in [5.41, 5.74) is -1.73. The van der Waals surface area contributed by atoms with Gasteiger partial charge in [-0.15, -0.1) is 0 Å². The van der Waals surface area contributed by atoms with Crippen LogP contribution in [0, 0.1) is 0 Å². The Labute approximate surface area is 128 Å². The topological polar surface area (TPSA) is 62.4 Å². The second-order valence-electron chi connectivity index (χ2n) is 5.33. The van der Waals surface area contributed by atoms with Gasteiger partial charge < -0.3 is 9.63 Å². The summed E-state index contributed by atoms with van der Waals surface area (Å²) in [7, 11) is 0. The number of hydrogen-bond donors (Lipinski definition) is 1. The summed E-state index contributed by atoms with van der Waals surface area (Å²) in [6.45, 7) is 0.545. The normalized spacial score (nSPS) is 19.5. The lowest BCUT2D eigenvalue weighted by atomic mass is 9.91. The lowest BCUT2D eigenvalue weighted by Gasteiger charge is -2.38. The molecule has 1 aliphatic rings. The van der Waals surface area contributed by atoms with Crippen LogP contribution in [0.25, 0.3) is 11.4 Å². The van der Waals surface area contributed by atoms with E-state index in [-0.39, 0.29) is 32.5 Å². The van der Waals surface area contributed by atoms with E-state index >= 15 is 0 Å². The molecule has 0 bridgehead atoms. The van der Waals surface area contributed by atoms with Crippen molar-refractivity contribution in [3.05, 3.63) is 22.7 Å². The number of alkyl halides is 3. The van der Waals surface area contributed by atoms with E-state index in [1.54, 1.807) is 4.90 Å². The number of thiophene rings is 1. The van der Waals surface area contributed by atoms with Crippen LogP contribution in [-0.2, 0) is 6.54 Å². The van der Waals surface area contributed by atoms with Gasteiger partial charge in [-0.25, -0.2) is 0 Å². The van der Waals surface area contributed by atoms with Crippen LogP contribution in [0.1, 0.15) is 18.7 Å². The highest BCUT2D eigenvalue weighted by molar-refractivity contribution is 7.08. The summed E-state index contributed by atoms with van der Waals surface area (Å²) < 4.78 is 43.3. The van der Waals surface area contributed by atoms with E-state index in [2.05, 4.69) is 10.1 Å². The highest BCUT2D eigenvalue weighted by atomic mass is 32.1. The molecule has 1 N–H and O–H groups in total. The second-order valence-corrected chi connectivity index (χ2v) is 6.11. The third-order valence-corrected chi connectivity index (χ3v) is 4.50. The van der Waals surface area contributed by atoms with Crippen LogP contribution in [0.4, 0.5) is 13.2 Å². The molecule has 0 atom stereocenters. The van der Waals surface area contributed by atoms with Gasteiger partial charge in [-0.2, -0.15) is 29.5 Å². The summed E-state index contributed by atoms with van der Waals surface area (Å²) in [6.07, 6.45) is -5.28. The molecule has 2 aromatic heterocycles. The Kier molecular flexibility index (Phi) is 3.96. The van der Waals surface area contributed by atoms with Gasteiger partial charge in [-0.1, -0.05) is 5.16 Å². The van der Waals surface area contributed by atoms with Crippen LogP contribution < -0.4 is 0 Å². The lowest BCUT2D eigenvalue weighted by molar-refractivity contribution is -0.273.